The van der Waals surface area contributed by atoms with Crippen LogP contribution in [0.3, 0.4) is 0 Å². The molecular weight excluding hydrogens is 441 g/mol. The molecule has 0 amide bonds. The van der Waals surface area contributed by atoms with Crippen LogP contribution < -0.4 is 0 Å². The van der Waals surface area contributed by atoms with Gasteiger partial charge in [-0.2, -0.15) is 0 Å². The molecule has 0 aliphatic rings. The first-order valence-electron chi connectivity index (χ1n) is 0. The van der Waals surface area contributed by atoms with Crippen molar-refractivity contribution in [3.8, 4) is 0 Å². The minimum absolute atomic E-state index is 0. The van der Waals surface area contributed by atoms with E-state index in [1.165, 1.54) is 0 Å². The SMILES string of the molecule is [Cd].[Fe].[Pb].[Zn]. The van der Waals surface area contributed by atoms with Crippen LogP contribution in [-0.4, -0.2) is 27.3 Å². The summed E-state index contributed by atoms with van der Waals surface area (Å²) in [6.45, 7) is 0. The van der Waals surface area contributed by atoms with Gasteiger partial charge >= 0.3 is 0 Å². The van der Waals surface area contributed by atoms with E-state index < -0.39 is 0 Å². The Morgan fingerprint density at radius 3 is 1.00 bits per heavy atom. The van der Waals surface area contributed by atoms with Crippen LogP contribution >= 0.6 is 0 Å². The molecule has 0 heterocycles. The van der Waals surface area contributed by atoms with Gasteiger partial charge in [0, 0.05) is 91.1 Å². The molecule has 0 N–H and O–H groups in total. The zero-order valence-corrected chi connectivity index (χ0v) is 14.3. The summed E-state index contributed by atoms with van der Waals surface area (Å²) in [7, 11) is 0. The second-order valence-electron chi connectivity index (χ2n) is 0. The molecular formula is CdFePbZn. The fourth-order valence-electron chi connectivity index (χ4n) is 0. The summed E-state index contributed by atoms with van der Waals surface area (Å²) >= 11 is 0. The first-order valence-corrected chi connectivity index (χ1v) is 0. The van der Waals surface area contributed by atoms with Crippen LogP contribution in [-0.2, 0) is 63.8 Å². The van der Waals surface area contributed by atoms with Gasteiger partial charge in [-0.15, -0.1) is 0 Å². The largest absolute Gasteiger partial charge is 0 e. The van der Waals surface area contributed by atoms with E-state index in [4.69, 9.17) is 0 Å². The van der Waals surface area contributed by atoms with E-state index in [9.17, 15) is 0 Å². The van der Waals surface area contributed by atoms with Gasteiger partial charge in [0.05, 0.1) is 0 Å². The molecule has 4 heteroatoms. The van der Waals surface area contributed by atoms with Gasteiger partial charge in [0.15, 0.2) is 0 Å². The van der Waals surface area contributed by atoms with Gasteiger partial charge in [-0.3, -0.25) is 0 Å². The van der Waals surface area contributed by atoms with Crippen molar-refractivity contribution < 1.29 is 63.8 Å². The molecule has 0 aliphatic carbocycles. The summed E-state index contributed by atoms with van der Waals surface area (Å²) < 4.78 is 0. The van der Waals surface area contributed by atoms with Gasteiger partial charge in [-0.1, -0.05) is 0 Å². The molecule has 0 aromatic heterocycles. The zero-order valence-electron chi connectivity index (χ0n) is 2.27. The van der Waals surface area contributed by atoms with Crippen molar-refractivity contribution in [2.75, 3.05) is 0 Å². The van der Waals surface area contributed by atoms with E-state index in [0.717, 1.165) is 0 Å². The third-order valence-corrected chi connectivity index (χ3v) is 0. The average Bonchev–Trinajstić information content (AvgIpc) is 0. The van der Waals surface area contributed by atoms with E-state index in [0.29, 0.717) is 0 Å². The topological polar surface area (TPSA) is 0 Å². The van der Waals surface area contributed by atoms with Crippen LogP contribution in [0.25, 0.3) is 0 Å². The molecule has 0 saturated carbocycles. The predicted octanol–water partition coefficient (Wildman–Crippen LogP) is -0.388. The van der Waals surface area contributed by atoms with Crippen LogP contribution in [0.4, 0.5) is 0 Å². The van der Waals surface area contributed by atoms with Gasteiger partial charge in [0.25, 0.3) is 0 Å². The Balaban J connectivity index is 0. The Kier molecular flexibility index (Phi) is 117. The number of hydrogen-bond donors (Lipinski definition) is 0. The number of rotatable bonds is 0. The summed E-state index contributed by atoms with van der Waals surface area (Å²) in [4.78, 5) is 0. The van der Waals surface area contributed by atoms with E-state index >= 15 is 0 Å². The maximum absolute atomic E-state index is 0. The van der Waals surface area contributed by atoms with Crippen molar-refractivity contribution in [3.63, 3.8) is 0 Å². The van der Waals surface area contributed by atoms with Crippen LogP contribution in [0.15, 0.2) is 0 Å². The number of hydrogen-bond acceptors (Lipinski definition) is 0. The summed E-state index contributed by atoms with van der Waals surface area (Å²) in [6, 6.07) is 0. The molecule has 0 rings (SSSR count). The molecule has 0 unspecified atom stereocenters. The van der Waals surface area contributed by atoms with Crippen LogP contribution in [0.2, 0.25) is 0 Å². The Labute approximate surface area is 89.4 Å². The van der Waals surface area contributed by atoms with Gasteiger partial charge in [-0.25, -0.2) is 0 Å². The minimum Gasteiger partial charge on any atom is 0 e. The molecule has 0 aromatic carbocycles. The Morgan fingerprint density at radius 1 is 1.00 bits per heavy atom. The third kappa shape index (κ3) is 8.89. The molecule has 0 aromatic rings. The van der Waals surface area contributed by atoms with Gasteiger partial charge in [0.2, 0.25) is 0 Å². The smallest absolute Gasteiger partial charge is 0 e. The van der Waals surface area contributed by atoms with Gasteiger partial charge < -0.3 is 0 Å². The maximum atomic E-state index is 0. The molecule has 0 spiro atoms. The van der Waals surface area contributed by atoms with Crippen LogP contribution in [0, 0.1) is 0 Å². The fraction of sp³-hybridized carbons (Fsp3) is 0. The second-order valence-corrected chi connectivity index (χ2v) is 0. The summed E-state index contributed by atoms with van der Waals surface area (Å²) in [5.41, 5.74) is 0. The molecule has 0 saturated heterocycles. The molecule has 0 aliphatic heterocycles. The van der Waals surface area contributed by atoms with E-state index in [1.807, 2.05) is 0 Å². The fourth-order valence-corrected chi connectivity index (χ4v) is 0. The first kappa shape index (κ1) is 28.1. The summed E-state index contributed by atoms with van der Waals surface area (Å²) in [5.74, 6) is 0. The van der Waals surface area contributed by atoms with Crippen molar-refractivity contribution in [2.45, 2.75) is 0 Å². The predicted molar refractivity (Wildman–Crippen MR) is 5.75 cm³/mol. The van der Waals surface area contributed by atoms with Crippen LogP contribution in [0.1, 0.15) is 0 Å². The van der Waals surface area contributed by atoms with Crippen molar-refractivity contribution >= 4 is 27.3 Å². The van der Waals surface area contributed by atoms with Crippen molar-refractivity contribution in [1.82, 2.24) is 0 Å². The van der Waals surface area contributed by atoms with Gasteiger partial charge in [-0.05, 0) is 0 Å². The van der Waals surface area contributed by atoms with E-state index in [2.05, 4.69) is 0 Å². The molecule has 0 fully saturated rings. The molecule has 0 atom stereocenters. The van der Waals surface area contributed by atoms with Crippen LogP contribution in [0.5, 0.6) is 0 Å². The zero-order chi connectivity index (χ0) is 0. The average molecular weight is 441 g/mol. The van der Waals surface area contributed by atoms with Crippen molar-refractivity contribution in [3.05, 3.63) is 0 Å². The van der Waals surface area contributed by atoms with E-state index in [1.54, 1.807) is 0 Å². The molecule has 16 valence electrons. The molecule has 0 nitrogen and oxygen atoms in total. The first-order chi connectivity index (χ1) is 0. The minimum atomic E-state index is 0. The molecule has 4 radical (unpaired) electrons. The standard InChI is InChI=1S/Cd.Fe.Pb.Zn. The summed E-state index contributed by atoms with van der Waals surface area (Å²) in [5, 5.41) is 0. The van der Waals surface area contributed by atoms with Crippen molar-refractivity contribution in [1.29, 1.82) is 0 Å². The molecule has 4 heavy (non-hydrogen) atoms. The Morgan fingerprint density at radius 2 is 1.00 bits per heavy atom. The third-order valence-electron chi connectivity index (χ3n) is 0. The summed E-state index contributed by atoms with van der Waals surface area (Å²) in [6.07, 6.45) is 0. The maximum Gasteiger partial charge on any atom is 0 e. The normalized spacial score (nSPS) is 0. The van der Waals surface area contributed by atoms with E-state index in [-0.39, 0.29) is 91.1 Å². The quantitative estimate of drug-likeness (QED) is 0.450. The second kappa shape index (κ2) is 16.7. The Bertz CT molecular complexity index is 8.00. The Hall–Kier alpha value is 2.99. The molecule has 0 bridgehead atoms. The van der Waals surface area contributed by atoms with Crippen molar-refractivity contribution in [2.24, 2.45) is 0 Å². The van der Waals surface area contributed by atoms with Gasteiger partial charge in [0.1, 0.15) is 0 Å². The monoisotopic (exact) mass is 442 g/mol.